The monoisotopic (exact) mass is 339 g/mol. The van der Waals surface area contributed by atoms with Gasteiger partial charge in [0.15, 0.2) is 0 Å². The number of amides is 1. The summed E-state index contributed by atoms with van der Waals surface area (Å²) in [6.07, 6.45) is 4.30. The van der Waals surface area contributed by atoms with Crippen LogP contribution in [0.3, 0.4) is 0 Å². The van der Waals surface area contributed by atoms with Crippen LogP contribution in [0.25, 0.3) is 5.78 Å². The van der Waals surface area contributed by atoms with Gasteiger partial charge in [0.1, 0.15) is 6.04 Å². The van der Waals surface area contributed by atoms with Crippen LogP contribution >= 0.6 is 15.9 Å². The van der Waals surface area contributed by atoms with Crippen molar-refractivity contribution in [1.82, 2.24) is 24.5 Å². The van der Waals surface area contributed by atoms with Crippen molar-refractivity contribution in [1.29, 1.82) is 0 Å². The van der Waals surface area contributed by atoms with Gasteiger partial charge in [-0.05, 0) is 28.8 Å². The van der Waals surface area contributed by atoms with Crippen molar-refractivity contribution in [2.24, 2.45) is 0 Å². The first-order valence-electron chi connectivity index (χ1n) is 5.98. The molecule has 9 heteroatoms. The zero-order chi connectivity index (χ0) is 14.3. The number of likely N-dealkylation sites (tertiary alicyclic amines) is 1. The summed E-state index contributed by atoms with van der Waals surface area (Å²) in [5.41, 5.74) is 0. The average molecular weight is 340 g/mol. The number of carbonyl (C=O) groups excluding carboxylic acids is 1. The lowest BCUT2D eigenvalue weighted by atomic mass is 10.2. The zero-order valence-corrected chi connectivity index (χ0v) is 11.8. The minimum absolute atomic E-state index is 0.0382. The van der Waals surface area contributed by atoms with Crippen molar-refractivity contribution in [3.63, 3.8) is 0 Å². The summed E-state index contributed by atoms with van der Waals surface area (Å²) >= 11 is 3.25. The fraction of sp³-hybridized carbons (Fsp3) is 0.364. The van der Waals surface area contributed by atoms with E-state index in [2.05, 4.69) is 31.0 Å². The third-order valence-electron chi connectivity index (χ3n) is 3.15. The molecule has 2 aromatic heterocycles. The van der Waals surface area contributed by atoms with Crippen molar-refractivity contribution in [3.05, 3.63) is 22.7 Å². The molecule has 1 fully saturated rings. The number of aliphatic carboxylic acids is 1. The van der Waals surface area contributed by atoms with Gasteiger partial charge in [-0.3, -0.25) is 4.79 Å². The van der Waals surface area contributed by atoms with Crippen LogP contribution in [0.2, 0.25) is 0 Å². The van der Waals surface area contributed by atoms with Crippen molar-refractivity contribution in [2.75, 3.05) is 6.54 Å². The lowest BCUT2D eigenvalue weighted by Crippen LogP contribution is -2.40. The molecule has 2 aromatic rings. The van der Waals surface area contributed by atoms with Gasteiger partial charge in [-0.1, -0.05) is 0 Å². The Hall–Kier alpha value is -2.03. The van der Waals surface area contributed by atoms with Crippen molar-refractivity contribution >= 4 is 33.6 Å². The van der Waals surface area contributed by atoms with Crippen molar-refractivity contribution in [2.45, 2.75) is 18.9 Å². The molecule has 3 rings (SSSR count). The predicted octanol–water partition coefficient (Wildman–Crippen LogP) is 0.576. The fourth-order valence-corrected chi connectivity index (χ4v) is 2.54. The maximum absolute atomic E-state index is 12.3. The standard InChI is InChI=1S/C11H10BrN5O3/c12-6-4-13-11-14-8(15-17(11)5-6)9(18)16-3-1-2-7(16)10(19)20/h4-5,7H,1-3H2,(H,19,20). The van der Waals surface area contributed by atoms with Gasteiger partial charge in [-0.2, -0.15) is 4.98 Å². The third-order valence-corrected chi connectivity index (χ3v) is 3.56. The van der Waals surface area contributed by atoms with E-state index in [4.69, 9.17) is 5.11 Å². The zero-order valence-electron chi connectivity index (χ0n) is 10.2. The molecular formula is C11H10BrN5O3. The van der Waals surface area contributed by atoms with E-state index >= 15 is 0 Å². The van der Waals surface area contributed by atoms with E-state index < -0.39 is 17.9 Å². The Morgan fingerprint density at radius 2 is 2.25 bits per heavy atom. The number of nitrogens with zero attached hydrogens (tertiary/aromatic N) is 5. The van der Waals surface area contributed by atoms with Crippen LogP contribution in [0.1, 0.15) is 23.5 Å². The highest BCUT2D eigenvalue weighted by molar-refractivity contribution is 9.10. The first-order valence-corrected chi connectivity index (χ1v) is 6.77. The van der Waals surface area contributed by atoms with E-state index in [-0.39, 0.29) is 5.82 Å². The molecule has 1 atom stereocenters. The Morgan fingerprint density at radius 1 is 1.45 bits per heavy atom. The van der Waals surface area contributed by atoms with E-state index in [1.54, 1.807) is 12.4 Å². The maximum atomic E-state index is 12.3. The van der Waals surface area contributed by atoms with Crippen molar-refractivity contribution < 1.29 is 14.7 Å². The number of halogens is 1. The summed E-state index contributed by atoms with van der Waals surface area (Å²) < 4.78 is 2.09. The van der Waals surface area contributed by atoms with Gasteiger partial charge >= 0.3 is 5.97 Å². The van der Waals surface area contributed by atoms with Crippen LogP contribution in [0.4, 0.5) is 0 Å². The van der Waals surface area contributed by atoms with Gasteiger partial charge in [0.25, 0.3) is 11.7 Å². The molecule has 0 spiro atoms. The highest BCUT2D eigenvalue weighted by atomic mass is 79.9. The van der Waals surface area contributed by atoms with Crippen molar-refractivity contribution in [3.8, 4) is 0 Å². The molecule has 0 aliphatic carbocycles. The minimum atomic E-state index is -1.000. The quantitative estimate of drug-likeness (QED) is 0.858. The fourth-order valence-electron chi connectivity index (χ4n) is 2.24. The van der Waals surface area contributed by atoms with Crippen LogP contribution < -0.4 is 0 Å². The van der Waals surface area contributed by atoms with E-state index in [9.17, 15) is 9.59 Å². The number of carbonyl (C=O) groups is 2. The Labute approximate surface area is 121 Å². The molecule has 1 aliphatic heterocycles. The highest BCUT2D eigenvalue weighted by Gasteiger charge is 2.36. The number of carboxylic acid groups (broad SMARTS) is 1. The molecular weight excluding hydrogens is 330 g/mol. The number of carboxylic acids is 1. The number of fused-ring (bicyclic) bond motifs is 1. The van der Waals surface area contributed by atoms with Crippen LogP contribution in [0.15, 0.2) is 16.9 Å². The number of rotatable bonds is 2. The molecule has 20 heavy (non-hydrogen) atoms. The molecule has 0 aromatic carbocycles. The van der Waals surface area contributed by atoms with Gasteiger partial charge in [0.05, 0.1) is 4.47 Å². The van der Waals surface area contributed by atoms with Crippen LogP contribution in [-0.4, -0.2) is 54.1 Å². The summed E-state index contributed by atoms with van der Waals surface area (Å²) in [5, 5.41) is 13.1. The van der Waals surface area contributed by atoms with Gasteiger partial charge in [0.2, 0.25) is 5.82 Å². The Balaban J connectivity index is 1.94. The van der Waals surface area contributed by atoms with Crippen LogP contribution in [0.5, 0.6) is 0 Å². The Kier molecular flexibility index (Phi) is 3.13. The van der Waals surface area contributed by atoms with Gasteiger partial charge in [-0.25, -0.2) is 14.3 Å². The third kappa shape index (κ3) is 2.13. The van der Waals surface area contributed by atoms with E-state index in [1.807, 2.05) is 0 Å². The number of hydrogen-bond acceptors (Lipinski definition) is 5. The second-order valence-corrected chi connectivity index (χ2v) is 5.36. The van der Waals surface area contributed by atoms with E-state index in [0.717, 1.165) is 0 Å². The molecule has 0 saturated carbocycles. The van der Waals surface area contributed by atoms with Gasteiger partial charge in [0, 0.05) is 18.9 Å². The SMILES string of the molecule is O=C(O)C1CCCN1C(=O)c1nc2ncc(Br)cn2n1. The Bertz CT molecular complexity index is 700. The average Bonchev–Trinajstić information content (AvgIpc) is 3.03. The second-order valence-electron chi connectivity index (χ2n) is 4.45. The molecule has 1 unspecified atom stereocenters. The van der Waals surface area contributed by atoms with Crippen LogP contribution in [-0.2, 0) is 4.79 Å². The molecule has 3 heterocycles. The van der Waals surface area contributed by atoms with Gasteiger partial charge in [-0.15, -0.1) is 5.10 Å². The smallest absolute Gasteiger partial charge is 0.326 e. The first kappa shape index (κ1) is 13.0. The first-order chi connectivity index (χ1) is 9.56. The van der Waals surface area contributed by atoms with E-state index in [0.29, 0.717) is 29.6 Å². The summed E-state index contributed by atoms with van der Waals surface area (Å²) in [6.45, 7) is 0.405. The molecule has 8 nitrogen and oxygen atoms in total. The number of hydrogen-bond donors (Lipinski definition) is 1. The lowest BCUT2D eigenvalue weighted by molar-refractivity contribution is -0.141. The van der Waals surface area contributed by atoms with Crippen LogP contribution in [0, 0.1) is 0 Å². The summed E-state index contributed by atoms with van der Waals surface area (Å²) in [4.78, 5) is 32.8. The summed E-state index contributed by atoms with van der Waals surface area (Å²) in [6, 6.07) is -0.797. The molecule has 1 aliphatic rings. The maximum Gasteiger partial charge on any atom is 0.326 e. The minimum Gasteiger partial charge on any atom is -0.480 e. The molecule has 1 N–H and O–H groups in total. The summed E-state index contributed by atoms with van der Waals surface area (Å²) in [5.74, 6) is -1.22. The second kappa shape index (κ2) is 4.82. The normalized spacial score (nSPS) is 18.6. The molecule has 0 bridgehead atoms. The molecule has 1 amide bonds. The Morgan fingerprint density at radius 3 is 3.00 bits per heavy atom. The molecule has 0 radical (unpaired) electrons. The topological polar surface area (TPSA) is 101 Å². The van der Waals surface area contributed by atoms with Gasteiger partial charge < -0.3 is 10.0 Å². The highest BCUT2D eigenvalue weighted by Crippen LogP contribution is 2.19. The summed E-state index contributed by atoms with van der Waals surface area (Å²) in [7, 11) is 0. The van der Waals surface area contributed by atoms with E-state index in [1.165, 1.54) is 9.42 Å². The lowest BCUT2D eigenvalue weighted by Gasteiger charge is -2.19. The largest absolute Gasteiger partial charge is 0.480 e. The molecule has 1 saturated heterocycles. The molecule has 104 valence electrons. The predicted molar refractivity (Wildman–Crippen MR) is 70.2 cm³/mol. The number of aromatic nitrogens is 4.